The molecule has 0 aromatic heterocycles. The first-order valence-electron chi connectivity index (χ1n) is 5.76. The zero-order chi connectivity index (χ0) is 12.8. The zero-order valence-electron chi connectivity index (χ0n) is 9.84. The number of hydrogen-bond donors (Lipinski definition) is 0. The molecule has 0 aliphatic carbocycles. The molecule has 2 heteroatoms. The van der Waals surface area contributed by atoms with Gasteiger partial charge < -0.3 is 0 Å². The Labute approximate surface area is 112 Å². The highest BCUT2D eigenvalue weighted by molar-refractivity contribution is 6.66. The van der Waals surface area contributed by atoms with Crippen molar-refractivity contribution in [3.05, 3.63) is 72.3 Å². The van der Waals surface area contributed by atoms with Gasteiger partial charge in [-0.3, -0.25) is 4.79 Å². The fraction of sp³-hybridized carbons (Fsp3) is 0.0625. The Morgan fingerprint density at radius 1 is 1.00 bits per heavy atom. The molecule has 0 atom stereocenters. The highest BCUT2D eigenvalue weighted by Gasteiger charge is 2.02. The van der Waals surface area contributed by atoms with E-state index in [1.54, 1.807) is 6.08 Å². The topological polar surface area (TPSA) is 17.1 Å². The van der Waals surface area contributed by atoms with Crippen molar-refractivity contribution < 1.29 is 4.79 Å². The number of benzene rings is 2. The maximum absolute atomic E-state index is 10.7. The molecule has 0 radical (unpaired) electrons. The number of rotatable bonds is 4. The molecule has 90 valence electrons. The van der Waals surface area contributed by atoms with Crippen molar-refractivity contribution >= 4 is 16.8 Å². The van der Waals surface area contributed by atoms with E-state index in [2.05, 4.69) is 24.3 Å². The van der Waals surface area contributed by atoms with Crippen molar-refractivity contribution in [2.24, 2.45) is 0 Å². The Hall–Kier alpha value is -1.86. The van der Waals surface area contributed by atoms with Crippen LogP contribution in [0.5, 0.6) is 0 Å². The Bertz CT molecular complexity index is 558. The average molecular weight is 257 g/mol. The Kier molecular flexibility index (Phi) is 4.32. The maximum atomic E-state index is 10.7. The van der Waals surface area contributed by atoms with Crippen molar-refractivity contribution in [1.82, 2.24) is 0 Å². The lowest BCUT2D eigenvalue weighted by Crippen LogP contribution is -1.88. The molecule has 0 heterocycles. The quantitative estimate of drug-likeness (QED) is 0.591. The molecule has 0 bridgehead atoms. The van der Waals surface area contributed by atoms with Crippen LogP contribution in [0.25, 0.3) is 11.1 Å². The summed E-state index contributed by atoms with van der Waals surface area (Å²) in [6.07, 6.45) is 3.88. The Balaban J connectivity index is 2.29. The van der Waals surface area contributed by atoms with Crippen LogP contribution in [0.15, 0.2) is 66.7 Å². The van der Waals surface area contributed by atoms with Gasteiger partial charge >= 0.3 is 0 Å². The van der Waals surface area contributed by atoms with E-state index in [-0.39, 0.29) is 0 Å². The lowest BCUT2D eigenvalue weighted by molar-refractivity contribution is -0.107. The molecule has 0 amide bonds. The molecular formula is C16H13ClO. The van der Waals surface area contributed by atoms with Gasteiger partial charge in [0.25, 0.3) is 0 Å². The summed E-state index contributed by atoms with van der Waals surface area (Å²) in [5, 5.41) is -0.438. The van der Waals surface area contributed by atoms with Crippen molar-refractivity contribution in [1.29, 1.82) is 0 Å². The predicted octanol–water partition coefficient (Wildman–Crippen LogP) is 4.22. The summed E-state index contributed by atoms with van der Waals surface area (Å²) in [7, 11) is 0. The van der Waals surface area contributed by atoms with Gasteiger partial charge in [-0.1, -0.05) is 60.7 Å². The van der Waals surface area contributed by atoms with Crippen LogP contribution in [0.2, 0.25) is 0 Å². The lowest BCUT2D eigenvalue weighted by atomic mass is 9.98. The zero-order valence-corrected chi connectivity index (χ0v) is 10.6. The summed E-state index contributed by atoms with van der Waals surface area (Å²) in [5.41, 5.74) is 3.54. The van der Waals surface area contributed by atoms with Gasteiger partial charge in [-0.2, -0.15) is 0 Å². The van der Waals surface area contributed by atoms with Crippen molar-refractivity contribution in [2.45, 2.75) is 6.42 Å². The standard InChI is InChI=1S/C16H13ClO/c17-16(18)12-6-10-14-9-4-5-11-15(14)13-7-2-1-3-8-13/h1-9,11-12H,10H2. The van der Waals surface area contributed by atoms with Gasteiger partial charge in [0.1, 0.15) is 0 Å². The van der Waals surface area contributed by atoms with Crippen LogP contribution in [0.4, 0.5) is 0 Å². The minimum Gasteiger partial charge on any atom is -0.276 e. The van der Waals surface area contributed by atoms with Gasteiger partial charge in [0, 0.05) is 0 Å². The van der Waals surface area contributed by atoms with Crippen molar-refractivity contribution in [2.75, 3.05) is 0 Å². The van der Waals surface area contributed by atoms with Gasteiger partial charge in [0.2, 0.25) is 5.24 Å². The smallest absolute Gasteiger partial charge is 0.244 e. The summed E-state index contributed by atoms with van der Waals surface area (Å²) in [6.45, 7) is 0. The van der Waals surface area contributed by atoms with E-state index >= 15 is 0 Å². The van der Waals surface area contributed by atoms with Crippen molar-refractivity contribution in [3.63, 3.8) is 0 Å². The minimum atomic E-state index is -0.438. The molecule has 1 nitrogen and oxygen atoms in total. The van der Waals surface area contributed by atoms with Crippen molar-refractivity contribution in [3.8, 4) is 11.1 Å². The minimum absolute atomic E-state index is 0.438. The second-order valence-electron chi connectivity index (χ2n) is 3.93. The maximum Gasteiger partial charge on any atom is 0.244 e. The second-order valence-corrected chi connectivity index (χ2v) is 4.31. The first-order valence-corrected chi connectivity index (χ1v) is 6.14. The van der Waals surface area contributed by atoms with E-state index in [1.165, 1.54) is 22.8 Å². The molecule has 2 aromatic carbocycles. The van der Waals surface area contributed by atoms with Gasteiger partial charge in [0.05, 0.1) is 0 Å². The number of carbonyl (C=O) groups is 1. The Morgan fingerprint density at radius 3 is 2.39 bits per heavy atom. The molecule has 0 aliphatic rings. The van der Waals surface area contributed by atoms with Gasteiger partial charge in [-0.15, -0.1) is 0 Å². The van der Waals surface area contributed by atoms with Crippen LogP contribution < -0.4 is 0 Å². The fourth-order valence-corrected chi connectivity index (χ4v) is 1.97. The van der Waals surface area contributed by atoms with Crippen LogP contribution in [0, 0.1) is 0 Å². The number of carbonyl (C=O) groups excluding carboxylic acids is 1. The van der Waals surface area contributed by atoms with E-state index in [0.717, 1.165) is 0 Å². The number of allylic oxidation sites excluding steroid dienone is 2. The molecule has 0 spiro atoms. The highest BCUT2D eigenvalue weighted by Crippen LogP contribution is 2.23. The van der Waals surface area contributed by atoms with Gasteiger partial charge in [-0.05, 0) is 40.8 Å². The summed E-state index contributed by atoms with van der Waals surface area (Å²) in [4.78, 5) is 10.7. The largest absolute Gasteiger partial charge is 0.276 e. The Morgan fingerprint density at radius 2 is 1.67 bits per heavy atom. The molecule has 0 aliphatic heterocycles. The summed E-state index contributed by atoms with van der Waals surface area (Å²) in [6, 6.07) is 18.4. The second kappa shape index (κ2) is 6.18. The molecule has 0 fully saturated rings. The number of halogens is 1. The predicted molar refractivity (Wildman–Crippen MR) is 75.6 cm³/mol. The van der Waals surface area contributed by atoms with E-state index < -0.39 is 5.24 Å². The summed E-state index contributed by atoms with van der Waals surface area (Å²) in [5.74, 6) is 0. The fourth-order valence-electron chi connectivity index (χ4n) is 1.88. The average Bonchev–Trinajstić information content (AvgIpc) is 2.40. The highest BCUT2D eigenvalue weighted by atomic mass is 35.5. The molecule has 0 saturated heterocycles. The van der Waals surface area contributed by atoms with E-state index in [0.29, 0.717) is 6.42 Å². The van der Waals surface area contributed by atoms with Crippen LogP contribution in [0.3, 0.4) is 0 Å². The van der Waals surface area contributed by atoms with Crippen LogP contribution in [-0.2, 0) is 11.2 Å². The van der Waals surface area contributed by atoms with E-state index in [1.807, 2.05) is 30.3 Å². The SMILES string of the molecule is O=C(Cl)C=CCc1ccccc1-c1ccccc1. The monoisotopic (exact) mass is 256 g/mol. The van der Waals surface area contributed by atoms with Gasteiger partial charge in [0.15, 0.2) is 0 Å². The molecule has 18 heavy (non-hydrogen) atoms. The van der Waals surface area contributed by atoms with Crippen LogP contribution in [0.1, 0.15) is 5.56 Å². The van der Waals surface area contributed by atoms with Crippen LogP contribution >= 0.6 is 11.6 Å². The molecule has 0 unspecified atom stereocenters. The lowest BCUT2D eigenvalue weighted by Gasteiger charge is -2.07. The van der Waals surface area contributed by atoms with Gasteiger partial charge in [-0.25, -0.2) is 0 Å². The first kappa shape index (κ1) is 12.6. The molecule has 0 N–H and O–H groups in total. The number of hydrogen-bond acceptors (Lipinski definition) is 1. The molecular weight excluding hydrogens is 244 g/mol. The normalized spacial score (nSPS) is 10.7. The molecule has 2 rings (SSSR count). The summed E-state index contributed by atoms with van der Waals surface area (Å²) < 4.78 is 0. The van der Waals surface area contributed by atoms with E-state index in [9.17, 15) is 4.79 Å². The molecule has 0 saturated carbocycles. The first-order chi connectivity index (χ1) is 8.77. The summed E-state index contributed by atoms with van der Waals surface area (Å²) >= 11 is 5.28. The van der Waals surface area contributed by atoms with Crippen LogP contribution in [-0.4, -0.2) is 5.24 Å². The third kappa shape index (κ3) is 3.31. The third-order valence-electron chi connectivity index (χ3n) is 2.69. The third-order valence-corrected chi connectivity index (χ3v) is 2.81. The molecule has 2 aromatic rings. The van der Waals surface area contributed by atoms with E-state index in [4.69, 9.17) is 11.6 Å².